The van der Waals surface area contributed by atoms with E-state index in [0.29, 0.717) is 5.82 Å². The van der Waals surface area contributed by atoms with Crippen molar-refractivity contribution >= 4 is 21.8 Å². The Morgan fingerprint density at radius 3 is 1.36 bits per heavy atom. The van der Waals surface area contributed by atoms with Crippen LogP contribution in [0.25, 0.3) is 44.5 Å². The molecule has 0 unspecified atom stereocenters. The Bertz CT molecular complexity index is 2140. The lowest BCUT2D eigenvalue weighted by Crippen LogP contribution is -2.32. The summed E-state index contributed by atoms with van der Waals surface area (Å²) in [6.07, 6.45) is 0. The van der Waals surface area contributed by atoms with Crippen molar-refractivity contribution in [3.63, 3.8) is 0 Å². The molecule has 0 bridgehead atoms. The van der Waals surface area contributed by atoms with Crippen LogP contribution in [0.1, 0.15) is 22.4 Å². The number of pyridine rings is 1. The molecule has 0 aliphatic carbocycles. The van der Waals surface area contributed by atoms with Gasteiger partial charge >= 0.3 is 0 Å². The summed E-state index contributed by atoms with van der Waals surface area (Å²) in [6.45, 7) is 0. The van der Waals surface area contributed by atoms with Crippen LogP contribution < -0.4 is 0 Å². The topological polar surface area (TPSA) is 38.7 Å². The van der Waals surface area contributed by atoms with E-state index in [4.69, 9.17) is 15.0 Å². The summed E-state index contributed by atoms with van der Waals surface area (Å²) < 4.78 is 0. The highest BCUT2D eigenvalue weighted by atomic mass is 14.9. The van der Waals surface area contributed by atoms with E-state index in [-0.39, 0.29) is 0 Å². The van der Waals surface area contributed by atoms with E-state index in [1.54, 1.807) is 0 Å². The molecule has 45 heavy (non-hydrogen) atoms. The molecule has 0 aliphatic heterocycles. The standard InChI is InChI=1S/C42H29N3/c1-6-16-30(17-7-1)38-36-28-26-31-27-29-37(43-39(31)40(36)45-41(44-38)32-18-8-2-9-19-32)42(33-20-10-3-11-21-33,34-22-12-4-13-23-34)35-24-14-5-15-25-35/h1-29H. The molecule has 0 saturated carbocycles. The number of fused-ring (bicyclic) bond motifs is 3. The Morgan fingerprint density at radius 2 is 0.822 bits per heavy atom. The third kappa shape index (κ3) is 4.57. The zero-order valence-electron chi connectivity index (χ0n) is 24.6. The maximum Gasteiger partial charge on any atom is 0.160 e. The first-order valence-corrected chi connectivity index (χ1v) is 15.2. The van der Waals surface area contributed by atoms with Crippen molar-refractivity contribution in [2.24, 2.45) is 0 Å². The summed E-state index contributed by atoms with van der Waals surface area (Å²) in [5, 5.41) is 2.01. The van der Waals surface area contributed by atoms with Crippen molar-refractivity contribution in [3.05, 3.63) is 198 Å². The van der Waals surface area contributed by atoms with Crippen LogP contribution in [0.5, 0.6) is 0 Å². The van der Waals surface area contributed by atoms with E-state index in [1.807, 2.05) is 24.3 Å². The molecule has 3 heteroatoms. The molecule has 3 nitrogen and oxygen atoms in total. The zero-order chi connectivity index (χ0) is 30.1. The van der Waals surface area contributed by atoms with Crippen molar-refractivity contribution < 1.29 is 0 Å². The van der Waals surface area contributed by atoms with Crippen molar-refractivity contribution in [3.8, 4) is 22.6 Å². The number of nitrogens with zero attached hydrogens (tertiary/aromatic N) is 3. The van der Waals surface area contributed by atoms with Gasteiger partial charge in [-0.3, -0.25) is 0 Å². The molecular weight excluding hydrogens is 546 g/mol. The first kappa shape index (κ1) is 26.7. The maximum atomic E-state index is 5.58. The smallest absolute Gasteiger partial charge is 0.160 e. The van der Waals surface area contributed by atoms with Crippen molar-refractivity contribution in [2.45, 2.75) is 5.41 Å². The highest BCUT2D eigenvalue weighted by Crippen LogP contribution is 2.45. The molecule has 0 atom stereocenters. The fourth-order valence-electron chi connectivity index (χ4n) is 6.52. The van der Waals surface area contributed by atoms with Crippen LogP contribution in [-0.2, 0) is 5.41 Å². The second kappa shape index (κ2) is 11.3. The quantitative estimate of drug-likeness (QED) is 0.146. The van der Waals surface area contributed by atoms with Crippen LogP contribution in [0.3, 0.4) is 0 Å². The van der Waals surface area contributed by atoms with E-state index < -0.39 is 5.41 Å². The summed E-state index contributed by atoms with van der Waals surface area (Å²) >= 11 is 0. The van der Waals surface area contributed by atoms with Gasteiger partial charge in [-0.25, -0.2) is 15.0 Å². The van der Waals surface area contributed by atoms with Gasteiger partial charge in [-0.05, 0) is 28.8 Å². The van der Waals surface area contributed by atoms with Gasteiger partial charge in [-0.2, -0.15) is 0 Å². The summed E-state index contributed by atoms with van der Waals surface area (Å²) in [6, 6.07) is 61.3. The van der Waals surface area contributed by atoms with Crippen LogP contribution in [0.15, 0.2) is 176 Å². The number of hydrogen-bond acceptors (Lipinski definition) is 3. The van der Waals surface area contributed by atoms with E-state index in [1.165, 1.54) is 0 Å². The molecule has 8 aromatic rings. The van der Waals surface area contributed by atoms with Crippen LogP contribution in [-0.4, -0.2) is 15.0 Å². The van der Waals surface area contributed by atoms with E-state index in [0.717, 1.165) is 61.0 Å². The van der Waals surface area contributed by atoms with Crippen molar-refractivity contribution in [2.75, 3.05) is 0 Å². The van der Waals surface area contributed by atoms with Gasteiger partial charge in [0.1, 0.15) is 5.52 Å². The monoisotopic (exact) mass is 575 g/mol. The molecule has 2 aromatic heterocycles. The first-order chi connectivity index (χ1) is 22.3. The average molecular weight is 576 g/mol. The first-order valence-electron chi connectivity index (χ1n) is 15.2. The highest BCUT2D eigenvalue weighted by molar-refractivity contribution is 6.08. The number of benzene rings is 6. The normalized spacial score (nSPS) is 11.6. The van der Waals surface area contributed by atoms with Crippen LogP contribution in [0.4, 0.5) is 0 Å². The predicted octanol–water partition coefficient (Wildman–Crippen LogP) is 9.89. The maximum absolute atomic E-state index is 5.58. The van der Waals surface area contributed by atoms with E-state index in [9.17, 15) is 0 Å². The number of rotatable bonds is 6. The van der Waals surface area contributed by atoms with Gasteiger partial charge in [0.05, 0.1) is 22.3 Å². The van der Waals surface area contributed by atoms with E-state index in [2.05, 4.69) is 152 Å². The molecule has 0 spiro atoms. The van der Waals surface area contributed by atoms with Crippen molar-refractivity contribution in [1.82, 2.24) is 15.0 Å². The van der Waals surface area contributed by atoms with Crippen LogP contribution >= 0.6 is 0 Å². The molecule has 0 amide bonds. The van der Waals surface area contributed by atoms with Gasteiger partial charge in [0.25, 0.3) is 0 Å². The Labute approximate surface area is 262 Å². The summed E-state index contributed by atoms with van der Waals surface area (Å²) in [5.41, 5.74) is 8.34. The lowest BCUT2D eigenvalue weighted by molar-refractivity contribution is 0.719. The highest BCUT2D eigenvalue weighted by Gasteiger charge is 2.39. The number of hydrogen-bond donors (Lipinski definition) is 0. The molecule has 0 N–H and O–H groups in total. The average Bonchev–Trinajstić information content (AvgIpc) is 3.13. The Morgan fingerprint density at radius 1 is 0.356 bits per heavy atom. The molecule has 0 radical (unpaired) electrons. The number of aromatic nitrogens is 3. The van der Waals surface area contributed by atoms with E-state index >= 15 is 0 Å². The summed E-state index contributed by atoms with van der Waals surface area (Å²) in [7, 11) is 0. The van der Waals surface area contributed by atoms with Gasteiger partial charge < -0.3 is 0 Å². The molecule has 8 rings (SSSR count). The van der Waals surface area contributed by atoms with Gasteiger partial charge in [0, 0.05) is 21.9 Å². The third-order valence-electron chi connectivity index (χ3n) is 8.61. The minimum absolute atomic E-state index is 0.655. The molecule has 6 aromatic carbocycles. The lowest BCUT2D eigenvalue weighted by atomic mass is 9.67. The van der Waals surface area contributed by atoms with Crippen molar-refractivity contribution in [1.29, 1.82) is 0 Å². The molecule has 0 saturated heterocycles. The van der Waals surface area contributed by atoms with Gasteiger partial charge in [-0.1, -0.05) is 164 Å². The predicted molar refractivity (Wildman–Crippen MR) is 184 cm³/mol. The molecule has 0 fully saturated rings. The van der Waals surface area contributed by atoms with Gasteiger partial charge in [0.2, 0.25) is 0 Å². The largest absolute Gasteiger partial charge is 0.249 e. The molecule has 0 aliphatic rings. The second-order valence-corrected chi connectivity index (χ2v) is 11.2. The molecule has 2 heterocycles. The fraction of sp³-hybridized carbons (Fsp3) is 0.0238. The Balaban J connectivity index is 1.49. The second-order valence-electron chi connectivity index (χ2n) is 11.2. The summed E-state index contributed by atoms with van der Waals surface area (Å²) in [4.78, 5) is 15.9. The minimum atomic E-state index is -0.655. The minimum Gasteiger partial charge on any atom is -0.249 e. The lowest BCUT2D eigenvalue weighted by Gasteiger charge is -2.35. The van der Waals surface area contributed by atoms with Gasteiger partial charge in [-0.15, -0.1) is 0 Å². The summed E-state index contributed by atoms with van der Waals surface area (Å²) in [5.74, 6) is 0.682. The molecular formula is C42H29N3. The third-order valence-corrected chi connectivity index (χ3v) is 8.61. The van der Waals surface area contributed by atoms with Gasteiger partial charge in [0.15, 0.2) is 5.82 Å². The van der Waals surface area contributed by atoms with Crippen LogP contribution in [0, 0.1) is 0 Å². The molecule has 212 valence electrons. The Hall–Kier alpha value is -5.93. The zero-order valence-corrected chi connectivity index (χ0v) is 24.6. The van der Waals surface area contributed by atoms with Crippen LogP contribution in [0.2, 0.25) is 0 Å². The fourth-order valence-corrected chi connectivity index (χ4v) is 6.52. The SMILES string of the molecule is c1ccc(-c2nc(-c3ccccc3)c3ccc4ccc(C(c5ccccc5)(c5ccccc5)c5ccccc5)nc4c3n2)cc1. The Kier molecular flexibility index (Phi) is 6.69.